The SMILES string of the molecule is CC(=O)c1ccc(-c2ccccc2)cc1-c1ccc(-n2cccn2)cc1O. The number of carbonyl (C=O) groups is 1. The zero-order chi connectivity index (χ0) is 18.8. The molecule has 0 aliphatic heterocycles. The van der Waals surface area contributed by atoms with Gasteiger partial charge in [0.2, 0.25) is 0 Å². The molecule has 0 unspecified atom stereocenters. The van der Waals surface area contributed by atoms with Crippen LogP contribution in [0.15, 0.2) is 85.2 Å². The Morgan fingerprint density at radius 3 is 2.37 bits per heavy atom. The quantitative estimate of drug-likeness (QED) is 0.518. The molecule has 1 aromatic heterocycles. The van der Waals surface area contributed by atoms with Gasteiger partial charge in [-0.05, 0) is 47.9 Å². The first kappa shape index (κ1) is 16.8. The molecule has 0 amide bonds. The van der Waals surface area contributed by atoms with Gasteiger partial charge >= 0.3 is 0 Å². The Hall–Kier alpha value is -3.66. The summed E-state index contributed by atoms with van der Waals surface area (Å²) in [5, 5.41) is 14.8. The van der Waals surface area contributed by atoms with Crippen LogP contribution in [0.3, 0.4) is 0 Å². The van der Waals surface area contributed by atoms with Crippen LogP contribution in [0.25, 0.3) is 27.9 Å². The van der Waals surface area contributed by atoms with Gasteiger partial charge in [0.1, 0.15) is 5.75 Å². The summed E-state index contributed by atoms with van der Waals surface area (Å²) in [5.41, 5.74) is 4.72. The Balaban J connectivity index is 1.85. The van der Waals surface area contributed by atoms with Gasteiger partial charge in [-0.25, -0.2) is 4.68 Å². The van der Waals surface area contributed by atoms with E-state index in [1.165, 1.54) is 6.92 Å². The highest BCUT2D eigenvalue weighted by atomic mass is 16.3. The number of aromatic nitrogens is 2. The summed E-state index contributed by atoms with van der Waals surface area (Å²) >= 11 is 0. The lowest BCUT2D eigenvalue weighted by molar-refractivity contribution is 0.101. The molecule has 0 saturated heterocycles. The second-order valence-electron chi connectivity index (χ2n) is 6.33. The number of ketones is 1. The Morgan fingerprint density at radius 1 is 0.889 bits per heavy atom. The minimum Gasteiger partial charge on any atom is -0.507 e. The summed E-state index contributed by atoms with van der Waals surface area (Å²) in [6.07, 6.45) is 3.49. The Labute approximate surface area is 157 Å². The molecule has 0 fully saturated rings. The van der Waals surface area contributed by atoms with Crippen molar-refractivity contribution in [3.05, 3.63) is 90.8 Å². The fraction of sp³-hybridized carbons (Fsp3) is 0.0435. The van der Waals surface area contributed by atoms with Gasteiger partial charge in [-0.3, -0.25) is 4.79 Å². The topological polar surface area (TPSA) is 55.1 Å². The van der Waals surface area contributed by atoms with Gasteiger partial charge in [0, 0.05) is 29.6 Å². The van der Waals surface area contributed by atoms with Crippen LogP contribution in [0, 0.1) is 0 Å². The molecule has 1 heterocycles. The van der Waals surface area contributed by atoms with E-state index >= 15 is 0 Å². The first-order valence-corrected chi connectivity index (χ1v) is 8.67. The molecule has 0 radical (unpaired) electrons. The molecule has 0 spiro atoms. The second kappa shape index (κ2) is 6.92. The van der Waals surface area contributed by atoms with Gasteiger partial charge in [-0.2, -0.15) is 5.10 Å². The number of hydrogen-bond acceptors (Lipinski definition) is 3. The molecule has 4 nitrogen and oxygen atoms in total. The van der Waals surface area contributed by atoms with Gasteiger partial charge in [-0.1, -0.05) is 42.5 Å². The van der Waals surface area contributed by atoms with Crippen molar-refractivity contribution >= 4 is 5.78 Å². The summed E-state index contributed by atoms with van der Waals surface area (Å²) in [6.45, 7) is 1.54. The van der Waals surface area contributed by atoms with Crippen LogP contribution in [-0.2, 0) is 0 Å². The molecule has 132 valence electrons. The molecule has 3 aromatic carbocycles. The smallest absolute Gasteiger partial charge is 0.160 e. The Kier molecular flexibility index (Phi) is 4.30. The van der Waals surface area contributed by atoms with Crippen LogP contribution in [0.5, 0.6) is 5.75 Å². The molecule has 0 saturated carbocycles. The lowest BCUT2D eigenvalue weighted by Gasteiger charge is -2.13. The van der Waals surface area contributed by atoms with Crippen LogP contribution in [0.1, 0.15) is 17.3 Å². The van der Waals surface area contributed by atoms with Crippen LogP contribution in [0.2, 0.25) is 0 Å². The predicted molar refractivity (Wildman–Crippen MR) is 106 cm³/mol. The fourth-order valence-electron chi connectivity index (χ4n) is 3.20. The number of benzene rings is 3. The monoisotopic (exact) mass is 354 g/mol. The van der Waals surface area contributed by atoms with E-state index < -0.39 is 0 Å². The second-order valence-corrected chi connectivity index (χ2v) is 6.33. The highest BCUT2D eigenvalue weighted by molar-refractivity contribution is 6.02. The van der Waals surface area contributed by atoms with E-state index in [1.54, 1.807) is 16.9 Å². The van der Waals surface area contributed by atoms with Crippen LogP contribution in [-0.4, -0.2) is 20.7 Å². The molecule has 0 aliphatic carbocycles. The minimum absolute atomic E-state index is 0.0415. The maximum atomic E-state index is 12.2. The van der Waals surface area contributed by atoms with E-state index in [0.29, 0.717) is 16.7 Å². The first-order chi connectivity index (χ1) is 13.1. The summed E-state index contributed by atoms with van der Waals surface area (Å²) in [5.74, 6) is 0.0656. The average Bonchev–Trinajstić information content (AvgIpc) is 3.23. The molecule has 0 atom stereocenters. The number of phenols is 1. The number of carbonyl (C=O) groups excluding carboxylic acids is 1. The lowest BCUT2D eigenvalue weighted by Crippen LogP contribution is -1.98. The number of Topliss-reactive ketones (excluding diaryl/α,β-unsaturated/α-hetero) is 1. The highest BCUT2D eigenvalue weighted by Gasteiger charge is 2.15. The van der Waals surface area contributed by atoms with Crippen LogP contribution in [0.4, 0.5) is 0 Å². The molecule has 0 aliphatic rings. The first-order valence-electron chi connectivity index (χ1n) is 8.67. The maximum absolute atomic E-state index is 12.2. The predicted octanol–water partition coefficient (Wildman–Crippen LogP) is 5.11. The molecule has 4 aromatic rings. The summed E-state index contributed by atoms with van der Waals surface area (Å²) < 4.78 is 1.68. The molecule has 4 rings (SSSR count). The molecule has 27 heavy (non-hydrogen) atoms. The zero-order valence-electron chi connectivity index (χ0n) is 14.8. The van der Waals surface area contributed by atoms with E-state index in [4.69, 9.17) is 0 Å². The van der Waals surface area contributed by atoms with E-state index in [2.05, 4.69) is 5.10 Å². The summed E-state index contributed by atoms with van der Waals surface area (Å²) in [4.78, 5) is 12.2. The van der Waals surface area contributed by atoms with Gasteiger partial charge in [0.25, 0.3) is 0 Å². The number of phenolic OH excluding ortho intramolecular Hbond substituents is 1. The fourth-order valence-corrected chi connectivity index (χ4v) is 3.20. The maximum Gasteiger partial charge on any atom is 0.160 e. The van der Waals surface area contributed by atoms with E-state index in [-0.39, 0.29) is 11.5 Å². The van der Waals surface area contributed by atoms with Gasteiger partial charge in [0.15, 0.2) is 5.78 Å². The van der Waals surface area contributed by atoms with Crippen molar-refractivity contribution in [1.82, 2.24) is 9.78 Å². The number of aromatic hydroxyl groups is 1. The Morgan fingerprint density at radius 2 is 1.70 bits per heavy atom. The summed E-state index contributed by atoms with van der Waals surface area (Å²) in [6, 6.07) is 22.8. The van der Waals surface area contributed by atoms with Gasteiger partial charge in [-0.15, -0.1) is 0 Å². The molecular formula is C23H18N2O2. The third-order valence-corrected chi connectivity index (χ3v) is 4.55. The standard InChI is InChI=1S/C23H18N2O2/c1-16(26)20-10-8-18(17-6-3-2-4-7-17)14-22(20)21-11-9-19(15-23(21)27)25-13-5-12-24-25/h2-15,27H,1H3. The summed E-state index contributed by atoms with van der Waals surface area (Å²) in [7, 11) is 0. The lowest BCUT2D eigenvalue weighted by atomic mass is 9.92. The molecule has 0 bridgehead atoms. The highest BCUT2D eigenvalue weighted by Crippen LogP contribution is 2.36. The van der Waals surface area contributed by atoms with E-state index in [9.17, 15) is 9.90 Å². The number of nitrogens with zero attached hydrogens (tertiary/aromatic N) is 2. The number of hydrogen-bond donors (Lipinski definition) is 1. The molecular weight excluding hydrogens is 336 g/mol. The minimum atomic E-state index is -0.0415. The molecule has 4 heteroatoms. The number of rotatable bonds is 4. The van der Waals surface area contributed by atoms with Crippen molar-refractivity contribution in [3.63, 3.8) is 0 Å². The van der Waals surface area contributed by atoms with Gasteiger partial charge < -0.3 is 5.11 Å². The third-order valence-electron chi connectivity index (χ3n) is 4.55. The van der Waals surface area contributed by atoms with E-state index in [1.807, 2.05) is 72.9 Å². The van der Waals surface area contributed by atoms with Gasteiger partial charge in [0.05, 0.1) is 5.69 Å². The van der Waals surface area contributed by atoms with Crippen molar-refractivity contribution in [2.24, 2.45) is 0 Å². The zero-order valence-corrected chi connectivity index (χ0v) is 14.8. The van der Waals surface area contributed by atoms with Crippen LogP contribution >= 0.6 is 0 Å². The average molecular weight is 354 g/mol. The van der Waals surface area contributed by atoms with Crippen LogP contribution < -0.4 is 0 Å². The largest absolute Gasteiger partial charge is 0.507 e. The third kappa shape index (κ3) is 3.25. The van der Waals surface area contributed by atoms with Crippen molar-refractivity contribution in [3.8, 4) is 33.7 Å². The van der Waals surface area contributed by atoms with Crippen molar-refractivity contribution in [1.29, 1.82) is 0 Å². The Bertz CT molecular complexity index is 1100. The van der Waals surface area contributed by atoms with Crippen molar-refractivity contribution < 1.29 is 9.90 Å². The normalized spacial score (nSPS) is 10.7. The van der Waals surface area contributed by atoms with E-state index in [0.717, 1.165) is 16.8 Å². The van der Waals surface area contributed by atoms with Crippen molar-refractivity contribution in [2.75, 3.05) is 0 Å². The van der Waals surface area contributed by atoms with Crippen molar-refractivity contribution in [2.45, 2.75) is 6.92 Å². The molecule has 1 N–H and O–H groups in total.